The highest BCUT2D eigenvalue weighted by Crippen LogP contribution is 2.24. The third-order valence-electron chi connectivity index (χ3n) is 3.58. The van der Waals surface area contributed by atoms with Crippen molar-refractivity contribution in [2.24, 2.45) is 0 Å². The van der Waals surface area contributed by atoms with E-state index >= 15 is 0 Å². The lowest BCUT2D eigenvalue weighted by molar-refractivity contribution is 0.304. The summed E-state index contributed by atoms with van der Waals surface area (Å²) in [5.41, 5.74) is 2.44. The van der Waals surface area contributed by atoms with Crippen LogP contribution >= 0.6 is 31.9 Å². The van der Waals surface area contributed by atoms with E-state index in [4.69, 9.17) is 4.74 Å². The highest BCUT2D eigenvalue weighted by molar-refractivity contribution is 9.10. The third-order valence-corrected chi connectivity index (χ3v) is 4.67. The molecule has 0 heterocycles. The topological polar surface area (TPSA) is 9.23 Å². The first kappa shape index (κ1) is 17.6. The van der Waals surface area contributed by atoms with Crippen molar-refractivity contribution in [2.45, 2.75) is 32.1 Å². The summed E-state index contributed by atoms with van der Waals surface area (Å²) < 4.78 is 6.91. The molecule has 2 aromatic rings. The smallest absolute Gasteiger partial charge is 0.119 e. The van der Waals surface area contributed by atoms with E-state index in [1.807, 2.05) is 0 Å². The molecule has 0 radical (unpaired) electrons. The van der Waals surface area contributed by atoms with Gasteiger partial charge in [0.15, 0.2) is 0 Å². The zero-order valence-corrected chi connectivity index (χ0v) is 15.9. The fraction of sp³-hybridized carbons (Fsp3) is 0.368. The Bertz CT molecular complexity index is 534. The molecule has 0 atom stereocenters. The minimum Gasteiger partial charge on any atom is -0.494 e. The average Bonchev–Trinajstić information content (AvgIpc) is 2.55. The monoisotopic (exact) mass is 424 g/mol. The highest BCUT2D eigenvalue weighted by atomic mass is 79.9. The Balaban J connectivity index is 1.74. The molecule has 0 fully saturated rings. The second-order valence-electron chi connectivity index (χ2n) is 5.34. The summed E-state index contributed by atoms with van der Waals surface area (Å²) in [7, 11) is 0. The van der Waals surface area contributed by atoms with E-state index < -0.39 is 0 Å². The fourth-order valence-electron chi connectivity index (χ4n) is 2.30. The summed E-state index contributed by atoms with van der Waals surface area (Å²) in [6.07, 6.45) is 6.28. The van der Waals surface area contributed by atoms with Gasteiger partial charge in [0.25, 0.3) is 0 Å². The predicted molar refractivity (Wildman–Crippen MR) is 102 cm³/mol. The number of hydrogen-bond donors (Lipinski definition) is 0. The second kappa shape index (κ2) is 10.1. The van der Waals surface area contributed by atoms with Crippen LogP contribution in [-0.2, 0) is 0 Å². The Kier molecular flexibility index (Phi) is 8.03. The summed E-state index contributed by atoms with van der Waals surface area (Å²) in [4.78, 5) is 0. The molecule has 0 aliphatic heterocycles. The lowest BCUT2D eigenvalue weighted by atomic mass is 10.1. The lowest BCUT2D eigenvalue weighted by Crippen LogP contribution is -1.97. The normalized spacial score (nSPS) is 10.6. The van der Waals surface area contributed by atoms with Crippen molar-refractivity contribution in [1.82, 2.24) is 0 Å². The number of rotatable bonds is 9. The molecule has 0 N–H and O–H groups in total. The van der Waals surface area contributed by atoms with Crippen LogP contribution in [0.25, 0.3) is 11.1 Å². The Morgan fingerprint density at radius 3 is 1.86 bits per heavy atom. The number of alkyl halides is 1. The minimum atomic E-state index is 0.811. The van der Waals surface area contributed by atoms with E-state index in [1.165, 1.54) is 36.8 Å². The van der Waals surface area contributed by atoms with Gasteiger partial charge in [-0.3, -0.25) is 0 Å². The lowest BCUT2D eigenvalue weighted by Gasteiger charge is -2.07. The summed E-state index contributed by atoms with van der Waals surface area (Å²) in [6, 6.07) is 16.7. The van der Waals surface area contributed by atoms with Crippen molar-refractivity contribution in [3.8, 4) is 16.9 Å². The first-order valence-electron chi connectivity index (χ1n) is 7.84. The van der Waals surface area contributed by atoms with Gasteiger partial charge in [0.05, 0.1) is 6.61 Å². The largest absolute Gasteiger partial charge is 0.494 e. The maximum absolute atomic E-state index is 5.81. The summed E-state index contributed by atoms with van der Waals surface area (Å²) in [5, 5.41) is 1.12. The Labute approximate surface area is 150 Å². The Hall–Kier alpha value is -0.800. The average molecular weight is 426 g/mol. The minimum absolute atomic E-state index is 0.811. The molecular formula is C19H22Br2O. The van der Waals surface area contributed by atoms with Crippen LogP contribution in [0, 0.1) is 0 Å². The van der Waals surface area contributed by atoms with Gasteiger partial charge in [0.2, 0.25) is 0 Å². The molecule has 0 bridgehead atoms. The SMILES string of the molecule is BrCCCCCCCOc1ccc(-c2ccc(Br)cc2)cc1. The fourth-order valence-corrected chi connectivity index (χ4v) is 2.96. The molecule has 3 heteroatoms. The maximum atomic E-state index is 5.81. The molecule has 2 rings (SSSR count). The van der Waals surface area contributed by atoms with E-state index in [0.717, 1.165) is 28.6 Å². The van der Waals surface area contributed by atoms with E-state index in [9.17, 15) is 0 Å². The number of ether oxygens (including phenoxy) is 1. The van der Waals surface area contributed by atoms with Crippen LogP contribution < -0.4 is 4.74 Å². The van der Waals surface area contributed by atoms with Crippen LogP contribution in [0.3, 0.4) is 0 Å². The number of hydrogen-bond acceptors (Lipinski definition) is 1. The van der Waals surface area contributed by atoms with Crippen molar-refractivity contribution >= 4 is 31.9 Å². The Morgan fingerprint density at radius 1 is 0.682 bits per heavy atom. The molecule has 2 aromatic carbocycles. The van der Waals surface area contributed by atoms with Gasteiger partial charge in [-0.1, -0.05) is 75.4 Å². The van der Waals surface area contributed by atoms with Crippen molar-refractivity contribution < 1.29 is 4.74 Å². The maximum Gasteiger partial charge on any atom is 0.119 e. The molecule has 118 valence electrons. The van der Waals surface area contributed by atoms with Gasteiger partial charge in [-0.2, -0.15) is 0 Å². The number of halogens is 2. The van der Waals surface area contributed by atoms with Gasteiger partial charge in [0.1, 0.15) is 5.75 Å². The number of unbranched alkanes of at least 4 members (excludes halogenated alkanes) is 4. The van der Waals surface area contributed by atoms with Gasteiger partial charge < -0.3 is 4.74 Å². The summed E-state index contributed by atoms with van der Waals surface area (Å²) in [6.45, 7) is 0.811. The van der Waals surface area contributed by atoms with Crippen LogP contribution in [0.15, 0.2) is 53.0 Å². The van der Waals surface area contributed by atoms with Crippen molar-refractivity contribution in [3.63, 3.8) is 0 Å². The molecule has 0 aliphatic carbocycles. The van der Waals surface area contributed by atoms with Crippen LogP contribution in [0.1, 0.15) is 32.1 Å². The van der Waals surface area contributed by atoms with Gasteiger partial charge in [0, 0.05) is 9.80 Å². The molecule has 0 aromatic heterocycles. The quantitative estimate of drug-likeness (QED) is 0.315. The second-order valence-corrected chi connectivity index (χ2v) is 7.05. The molecule has 0 aliphatic rings. The zero-order chi connectivity index (χ0) is 15.6. The first-order valence-corrected chi connectivity index (χ1v) is 9.76. The van der Waals surface area contributed by atoms with Crippen LogP contribution in [-0.4, -0.2) is 11.9 Å². The standard InChI is InChI=1S/C19H22Br2O/c20-14-4-2-1-3-5-15-22-19-12-8-17(9-13-19)16-6-10-18(21)11-7-16/h6-13H,1-5,14-15H2. The van der Waals surface area contributed by atoms with Crippen LogP contribution in [0.5, 0.6) is 5.75 Å². The van der Waals surface area contributed by atoms with E-state index in [-0.39, 0.29) is 0 Å². The molecule has 1 nitrogen and oxygen atoms in total. The van der Waals surface area contributed by atoms with E-state index in [2.05, 4.69) is 80.4 Å². The summed E-state index contributed by atoms with van der Waals surface area (Å²) >= 11 is 6.92. The molecule has 0 saturated carbocycles. The molecule has 0 spiro atoms. The highest BCUT2D eigenvalue weighted by Gasteiger charge is 1.99. The van der Waals surface area contributed by atoms with Crippen molar-refractivity contribution in [1.29, 1.82) is 0 Å². The molecule has 22 heavy (non-hydrogen) atoms. The van der Waals surface area contributed by atoms with Crippen LogP contribution in [0.4, 0.5) is 0 Å². The van der Waals surface area contributed by atoms with E-state index in [1.54, 1.807) is 0 Å². The molecular weight excluding hydrogens is 404 g/mol. The number of benzene rings is 2. The van der Waals surface area contributed by atoms with Gasteiger partial charge in [-0.15, -0.1) is 0 Å². The predicted octanol–water partition coefficient (Wildman–Crippen LogP) is 6.84. The van der Waals surface area contributed by atoms with Crippen LogP contribution in [0.2, 0.25) is 0 Å². The Morgan fingerprint density at radius 2 is 1.23 bits per heavy atom. The zero-order valence-electron chi connectivity index (χ0n) is 12.7. The third kappa shape index (κ3) is 6.13. The van der Waals surface area contributed by atoms with Gasteiger partial charge >= 0.3 is 0 Å². The van der Waals surface area contributed by atoms with Gasteiger partial charge in [-0.25, -0.2) is 0 Å². The molecule has 0 unspecified atom stereocenters. The van der Waals surface area contributed by atoms with Crippen molar-refractivity contribution in [2.75, 3.05) is 11.9 Å². The first-order chi connectivity index (χ1) is 10.8. The van der Waals surface area contributed by atoms with E-state index in [0.29, 0.717) is 0 Å². The molecule has 0 saturated heterocycles. The van der Waals surface area contributed by atoms with Crippen molar-refractivity contribution in [3.05, 3.63) is 53.0 Å². The van der Waals surface area contributed by atoms with Gasteiger partial charge in [-0.05, 0) is 48.2 Å². The molecule has 0 amide bonds. The summed E-state index contributed by atoms with van der Waals surface area (Å²) in [5.74, 6) is 0.960.